The Bertz CT molecular complexity index is 137. The van der Waals surface area contributed by atoms with Crippen LogP contribution in [0.1, 0.15) is 6.42 Å². The average molecular weight is 117 g/mol. The summed E-state index contributed by atoms with van der Waals surface area (Å²) in [7, 11) is 0. The van der Waals surface area contributed by atoms with Crippen LogP contribution in [0.2, 0.25) is 0 Å². The summed E-state index contributed by atoms with van der Waals surface area (Å²) in [5.74, 6) is -2.70. The summed E-state index contributed by atoms with van der Waals surface area (Å²) in [6.45, 7) is 0. The molecule has 0 spiro atoms. The molecule has 0 aromatic carbocycles. The maximum absolute atomic E-state index is 12.0. The van der Waals surface area contributed by atoms with Crippen LogP contribution in [0.5, 0.6) is 0 Å². The fourth-order valence-corrected chi connectivity index (χ4v) is 0.475. The Morgan fingerprint density at radius 1 is 1.50 bits per heavy atom. The summed E-state index contributed by atoms with van der Waals surface area (Å²) < 4.78 is 24.0. The zero-order valence-electron chi connectivity index (χ0n) is 4.14. The van der Waals surface area contributed by atoms with E-state index in [9.17, 15) is 8.78 Å². The molecule has 0 N–H and O–H groups in total. The Morgan fingerprint density at radius 3 is 2.50 bits per heavy atom. The van der Waals surface area contributed by atoms with E-state index in [1.165, 1.54) is 12.3 Å². The zero-order chi connectivity index (χ0) is 6.04. The van der Waals surface area contributed by atoms with Crippen LogP contribution < -0.4 is 0 Å². The first kappa shape index (κ1) is 5.41. The highest BCUT2D eigenvalue weighted by atomic mass is 19.3. The second-order valence-corrected chi connectivity index (χ2v) is 1.63. The van der Waals surface area contributed by atoms with Crippen molar-refractivity contribution in [2.75, 3.05) is 0 Å². The predicted molar refractivity (Wildman–Crippen MR) is 27.2 cm³/mol. The lowest BCUT2D eigenvalue weighted by atomic mass is 10.2. The molecule has 1 heterocycles. The van der Waals surface area contributed by atoms with Gasteiger partial charge in [-0.3, -0.25) is 4.99 Å². The van der Waals surface area contributed by atoms with Crippen LogP contribution in [-0.2, 0) is 0 Å². The fourth-order valence-electron chi connectivity index (χ4n) is 0.475. The Balaban J connectivity index is 2.65. The number of nitrogens with zero attached hydrogens (tertiary/aromatic N) is 1. The lowest BCUT2D eigenvalue weighted by Crippen LogP contribution is -2.17. The van der Waals surface area contributed by atoms with Crippen molar-refractivity contribution in [3.8, 4) is 0 Å². The number of halogens is 2. The SMILES string of the molecule is FC1(F)C=NC=CC1. The van der Waals surface area contributed by atoms with Gasteiger partial charge < -0.3 is 0 Å². The van der Waals surface area contributed by atoms with Gasteiger partial charge in [-0.25, -0.2) is 0 Å². The minimum absolute atomic E-state index is 0.212. The van der Waals surface area contributed by atoms with Gasteiger partial charge in [0, 0.05) is 12.6 Å². The summed E-state index contributed by atoms with van der Waals surface area (Å²) in [4.78, 5) is 3.27. The van der Waals surface area contributed by atoms with Crippen molar-refractivity contribution in [2.24, 2.45) is 4.99 Å². The molecule has 0 aliphatic carbocycles. The van der Waals surface area contributed by atoms with E-state index in [0.717, 1.165) is 0 Å². The Hall–Kier alpha value is -0.730. The van der Waals surface area contributed by atoms with Gasteiger partial charge in [0.25, 0.3) is 5.92 Å². The van der Waals surface area contributed by atoms with Crippen LogP contribution in [0.3, 0.4) is 0 Å². The highest BCUT2D eigenvalue weighted by Crippen LogP contribution is 2.18. The van der Waals surface area contributed by atoms with E-state index >= 15 is 0 Å². The van der Waals surface area contributed by atoms with Crippen molar-refractivity contribution >= 4 is 6.21 Å². The van der Waals surface area contributed by atoms with E-state index in [1.54, 1.807) is 0 Å². The molecular weight excluding hydrogens is 112 g/mol. The molecular formula is C5H5F2N. The number of alkyl halides is 2. The Kier molecular flexibility index (Phi) is 1.12. The number of hydrogen-bond acceptors (Lipinski definition) is 1. The number of allylic oxidation sites excluding steroid dienone is 1. The fraction of sp³-hybridized carbons (Fsp3) is 0.400. The van der Waals surface area contributed by atoms with Crippen molar-refractivity contribution in [3.63, 3.8) is 0 Å². The second-order valence-electron chi connectivity index (χ2n) is 1.63. The molecule has 1 rings (SSSR count). The Morgan fingerprint density at radius 2 is 2.25 bits per heavy atom. The average Bonchev–Trinajstić information content (AvgIpc) is 1.65. The molecule has 0 amide bonds. The molecule has 0 aromatic rings. The maximum atomic E-state index is 12.0. The minimum atomic E-state index is -2.70. The van der Waals surface area contributed by atoms with Crippen LogP contribution in [0, 0.1) is 0 Å². The molecule has 0 radical (unpaired) electrons. The Labute approximate surface area is 45.7 Å². The van der Waals surface area contributed by atoms with Crippen LogP contribution in [0.4, 0.5) is 8.78 Å². The monoisotopic (exact) mass is 117 g/mol. The van der Waals surface area contributed by atoms with Gasteiger partial charge in [-0.2, -0.15) is 8.78 Å². The standard InChI is InChI=1S/C5H5F2N/c6-5(7)2-1-3-8-4-5/h1,3-4H,2H2. The lowest BCUT2D eigenvalue weighted by molar-refractivity contribution is 0.0861. The molecule has 0 atom stereocenters. The molecule has 3 heteroatoms. The highest BCUT2D eigenvalue weighted by Gasteiger charge is 2.25. The quantitative estimate of drug-likeness (QED) is 0.457. The molecule has 1 aliphatic heterocycles. The van der Waals surface area contributed by atoms with Crippen molar-refractivity contribution in [1.29, 1.82) is 0 Å². The van der Waals surface area contributed by atoms with Gasteiger partial charge in [-0.15, -0.1) is 0 Å². The first-order chi connectivity index (χ1) is 3.71. The molecule has 0 aromatic heterocycles. The van der Waals surface area contributed by atoms with Crippen LogP contribution in [0.25, 0.3) is 0 Å². The summed E-state index contributed by atoms with van der Waals surface area (Å²) in [6, 6.07) is 0. The van der Waals surface area contributed by atoms with E-state index < -0.39 is 5.92 Å². The second kappa shape index (κ2) is 1.65. The number of aliphatic imine (C=N–C) groups is 1. The van der Waals surface area contributed by atoms with Gasteiger partial charge in [0.15, 0.2) is 0 Å². The first-order valence-corrected chi connectivity index (χ1v) is 2.28. The topological polar surface area (TPSA) is 12.4 Å². The van der Waals surface area contributed by atoms with Crippen LogP contribution in [-0.4, -0.2) is 12.1 Å². The molecule has 1 nitrogen and oxygen atoms in total. The van der Waals surface area contributed by atoms with Crippen molar-refractivity contribution in [3.05, 3.63) is 12.3 Å². The summed E-state index contributed by atoms with van der Waals surface area (Å²) in [5, 5.41) is 0. The summed E-state index contributed by atoms with van der Waals surface area (Å²) >= 11 is 0. The first-order valence-electron chi connectivity index (χ1n) is 2.28. The number of rotatable bonds is 0. The molecule has 0 saturated carbocycles. The van der Waals surface area contributed by atoms with Crippen LogP contribution in [0.15, 0.2) is 17.3 Å². The van der Waals surface area contributed by atoms with E-state index in [-0.39, 0.29) is 6.42 Å². The lowest BCUT2D eigenvalue weighted by Gasteiger charge is -2.08. The predicted octanol–water partition coefficient (Wildman–Crippen LogP) is 1.61. The molecule has 0 bridgehead atoms. The van der Waals surface area contributed by atoms with Gasteiger partial charge in [0.05, 0.1) is 6.21 Å². The summed E-state index contributed by atoms with van der Waals surface area (Å²) in [5.41, 5.74) is 0. The number of hydrogen-bond donors (Lipinski definition) is 0. The highest BCUT2D eigenvalue weighted by molar-refractivity contribution is 5.68. The molecule has 0 saturated heterocycles. The van der Waals surface area contributed by atoms with E-state index in [0.29, 0.717) is 6.21 Å². The van der Waals surface area contributed by atoms with Crippen molar-refractivity contribution in [1.82, 2.24) is 0 Å². The molecule has 0 fully saturated rings. The van der Waals surface area contributed by atoms with Crippen molar-refractivity contribution < 1.29 is 8.78 Å². The third-order valence-electron chi connectivity index (χ3n) is 0.845. The largest absolute Gasteiger partial charge is 0.286 e. The summed E-state index contributed by atoms with van der Waals surface area (Å²) in [6.07, 6.45) is 3.17. The third kappa shape index (κ3) is 1.12. The van der Waals surface area contributed by atoms with E-state index in [1.807, 2.05) is 0 Å². The normalized spacial score (nSPS) is 23.8. The maximum Gasteiger partial charge on any atom is 0.286 e. The molecule has 1 aliphatic rings. The zero-order valence-corrected chi connectivity index (χ0v) is 4.14. The van der Waals surface area contributed by atoms with Gasteiger partial charge in [-0.05, 0) is 0 Å². The smallest absolute Gasteiger partial charge is 0.263 e. The van der Waals surface area contributed by atoms with E-state index in [2.05, 4.69) is 4.99 Å². The van der Waals surface area contributed by atoms with Crippen LogP contribution >= 0.6 is 0 Å². The molecule has 8 heavy (non-hydrogen) atoms. The molecule has 44 valence electrons. The van der Waals surface area contributed by atoms with E-state index in [4.69, 9.17) is 0 Å². The van der Waals surface area contributed by atoms with Crippen molar-refractivity contribution in [2.45, 2.75) is 12.3 Å². The van der Waals surface area contributed by atoms with Gasteiger partial charge in [0.1, 0.15) is 0 Å². The van der Waals surface area contributed by atoms with Gasteiger partial charge in [-0.1, -0.05) is 6.08 Å². The minimum Gasteiger partial charge on any atom is -0.263 e. The van der Waals surface area contributed by atoms with Gasteiger partial charge >= 0.3 is 0 Å². The molecule has 0 unspecified atom stereocenters. The third-order valence-corrected chi connectivity index (χ3v) is 0.845. The van der Waals surface area contributed by atoms with Gasteiger partial charge in [0.2, 0.25) is 0 Å².